The molecule has 7 aromatic rings. The molecule has 0 spiro atoms. The summed E-state index contributed by atoms with van der Waals surface area (Å²) in [5.41, 5.74) is 3.00. The summed E-state index contributed by atoms with van der Waals surface area (Å²) in [6, 6.07) is 7.23. The van der Waals surface area contributed by atoms with Crippen LogP contribution in [0, 0.1) is 3.57 Å². The molecule has 0 saturated heterocycles. The van der Waals surface area contributed by atoms with E-state index in [1.54, 1.807) is 6.08 Å². The molecule has 7 heterocycles. The first-order valence-corrected chi connectivity index (χ1v) is 14.6. The Morgan fingerprint density at radius 1 is 0.667 bits per heavy atom. The molecule has 1 aliphatic rings. The van der Waals surface area contributed by atoms with Crippen LogP contribution in [-0.2, 0) is 12.8 Å². The van der Waals surface area contributed by atoms with Gasteiger partial charge < -0.3 is 31.8 Å². The molecular formula is C30H18IN7O7. The van der Waals surface area contributed by atoms with Crippen LogP contribution in [0.25, 0.3) is 52.4 Å². The third-order valence-electron chi connectivity index (χ3n) is 6.76. The molecule has 1 N–H and O–H groups in total. The topological polar surface area (TPSA) is 185 Å². The largest absolute Gasteiger partial charge is 0.446 e. The number of rotatable bonds is 2. The highest BCUT2D eigenvalue weighted by molar-refractivity contribution is 14.1. The maximum absolute atomic E-state index is 13.4. The molecule has 0 radical (unpaired) electrons. The van der Waals surface area contributed by atoms with Crippen LogP contribution >= 0.6 is 22.6 Å². The number of aromatic nitrogens is 6. The summed E-state index contributed by atoms with van der Waals surface area (Å²) in [5, 5.41) is 2.95. The number of oxazole rings is 6. The minimum atomic E-state index is -0.672. The van der Waals surface area contributed by atoms with Crippen molar-refractivity contribution in [2.45, 2.75) is 18.9 Å². The predicted molar refractivity (Wildman–Crippen MR) is 161 cm³/mol. The maximum Gasteiger partial charge on any atom is 0.273 e. The Bertz CT molecular complexity index is 2160. The van der Waals surface area contributed by atoms with E-state index in [1.807, 2.05) is 30.3 Å². The van der Waals surface area contributed by atoms with Crippen molar-refractivity contribution in [3.05, 3.63) is 100 Å². The van der Waals surface area contributed by atoms with Crippen LogP contribution in [0.2, 0.25) is 0 Å². The van der Waals surface area contributed by atoms with Crippen molar-refractivity contribution >= 4 is 34.6 Å². The number of carbonyl (C=O) groups is 1. The number of nitrogens with zero attached hydrogens (tertiary/aromatic N) is 6. The Morgan fingerprint density at radius 3 is 2.00 bits per heavy atom. The third-order valence-corrected chi connectivity index (χ3v) is 7.48. The van der Waals surface area contributed by atoms with Gasteiger partial charge in [0, 0.05) is 16.4 Å². The highest BCUT2D eigenvalue weighted by Crippen LogP contribution is 2.28. The highest BCUT2D eigenvalue weighted by atomic mass is 127. The second-order valence-electron chi connectivity index (χ2n) is 9.86. The van der Waals surface area contributed by atoms with Gasteiger partial charge in [0.2, 0.25) is 35.3 Å². The summed E-state index contributed by atoms with van der Waals surface area (Å²) >= 11 is 2.23. The summed E-state index contributed by atoms with van der Waals surface area (Å²) in [6.45, 7) is 0. The fraction of sp³-hybridized carbons (Fsp3) is 0.100. The molecule has 0 fully saturated rings. The van der Waals surface area contributed by atoms with Crippen molar-refractivity contribution in [2.24, 2.45) is 0 Å². The lowest BCUT2D eigenvalue weighted by Gasteiger charge is -2.15. The Morgan fingerprint density at radius 2 is 1.24 bits per heavy atom. The van der Waals surface area contributed by atoms with E-state index in [0.29, 0.717) is 41.5 Å². The van der Waals surface area contributed by atoms with Crippen LogP contribution in [0.4, 0.5) is 0 Å². The van der Waals surface area contributed by atoms with Crippen LogP contribution < -0.4 is 5.32 Å². The quantitative estimate of drug-likeness (QED) is 0.201. The van der Waals surface area contributed by atoms with Gasteiger partial charge in [-0.2, -0.15) is 0 Å². The number of hydrogen-bond donors (Lipinski definition) is 1. The van der Waals surface area contributed by atoms with E-state index in [4.69, 9.17) is 26.5 Å². The first-order chi connectivity index (χ1) is 22.0. The standard InChI is InChI=1S/C30H18IN7O7/c31-16-6-4-15(5-7-16)8-18-26-36-23(13-43-26)30-37-21(12-45-30)27-32-17(9-41-27)2-1-3-24-33-20(11-40-24)28-38-22(14-44-28)29-35-19(10-42-29)25(39)34-18/h1,3-7,9-14,18H,2,8H2,(H,34,39)/b3-1+. The fourth-order valence-electron chi connectivity index (χ4n) is 4.57. The molecule has 15 heteroatoms. The number of allylic oxidation sites excluding steroid dienone is 1. The van der Waals surface area contributed by atoms with Crippen molar-refractivity contribution in [3.8, 4) is 46.3 Å². The molecule has 45 heavy (non-hydrogen) atoms. The number of benzene rings is 1. The van der Waals surface area contributed by atoms with Gasteiger partial charge in [0.15, 0.2) is 28.5 Å². The predicted octanol–water partition coefficient (Wildman–Crippen LogP) is 6.17. The first-order valence-electron chi connectivity index (χ1n) is 13.5. The molecule has 6 aromatic heterocycles. The van der Waals surface area contributed by atoms with Gasteiger partial charge >= 0.3 is 0 Å². The summed E-state index contributed by atoms with van der Waals surface area (Å²) < 4.78 is 34.9. The van der Waals surface area contributed by atoms with Gasteiger partial charge in [-0.1, -0.05) is 18.2 Å². The zero-order valence-corrected chi connectivity index (χ0v) is 25.0. The molecule has 222 valence electrons. The van der Waals surface area contributed by atoms with E-state index in [0.717, 1.165) is 9.13 Å². The lowest BCUT2D eigenvalue weighted by molar-refractivity contribution is 0.0925. The average molecular weight is 715 g/mol. The number of carbonyl (C=O) groups excluding carboxylic acids is 1. The zero-order valence-electron chi connectivity index (χ0n) is 22.8. The molecule has 1 atom stereocenters. The minimum absolute atomic E-state index is 0.0277. The molecule has 8 rings (SSSR count). The van der Waals surface area contributed by atoms with Crippen molar-refractivity contribution in [1.29, 1.82) is 0 Å². The maximum atomic E-state index is 13.4. The van der Waals surface area contributed by atoms with Gasteiger partial charge in [0.1, 0.15) is 43.6 Å². The van der Waals surface area contributed by atoms with E-state index < -0.39 is 11.9 Å². The van der Waals surface area contributed by atoms with E-state index in [-0.39, 0.29) is 40.8 Å². The SMILES string of the molecule is O=C1NC(Cc2ccc(I)cc2)c2nc(co2)-c2nc(co2)-c2nc(co2)C/C=C/c2nc(co2)-c2nc(co2)-c2nc1co2. The molecule has 1 aromatic carbocycles. The number of fused-ring (bicyclic) bond motifs is 16. The van der Waals surface area contributed by atoms with E-state index in [1.165, 1.54) is 37.6 Å². The second kappa shape index (κ2) is 11.2. The van der Waals surface area contributed by atoms with Crippen LogP contribution in [-0.4, -0.2) is 35.8 Å². The molecule has 0 saturated carbocycles. The number of halogens is 1. The second-order valence-corrected chi connectivity index (χ2v) is 11.1. The number of nitrogens with one attached hydrogen (secondary N) is 1. The van der Waals surface area contributed by atoms with E-state index in [2.05, 4.69) is 57.8 Å². The highest BCUT2D eigenvalue weighted by Gasteiger charge is 2.26. The summed E-state index contributed by atoms with van der Waals surface area (Å²) in [6.07, 6.45) is 12.7. The molecule has 1 aliphatic heterocycles. The Labute approximate surface area is 265 Å². The summed E-state index contributed by atoms with van der Waals surface area (Å²) in [4.78, 5) is 40.1. The number of hydrogen-bond acceptors (Lipinski definition) is 13. The molecule has 0 aliphatic carbocycles. The molecule has 14 nitrogen and oxygen atoms in total. The first kappa shape index (κ1) is 27.0. The summed E-state index contributed by atoms with van der Waals surface area (Å²) in [5.74, 6) is 0.829. The summed E-state index contributed by atoms with van der Waals surface area (Å²) in [7, 11) is 0. The van der Waals surface area contributed by atoms with Crippen LogP contribution in [0.3, 0.4) is 0 Å². The average Bonchev–Trinajstić information content (AvgIpc) is 3.87. The van der Waals surface area contributed by atoms with Crippen molar-refractivity contribution in [1.82, 2.24) is 35.2 Å². The lowest BCUT2D eigenvalue weighted by Crippen LogP contribution is -2.30. The van der Waals surface area contributed by atoms with Gasteiger partial charge in [-0.3, -0.25) is 4.79 Å². The Kier molecular flexibility index (Phi) is 6.70. The molecule has 1 amide bonds. The third kappa shape index (κ3) is 5.48. The normalized spacial score (nSPS) is 15.4. The van der Waals surface area contributed by atoms with Gasteiger partial charge in [-0.15, -0.1) is 0 Å². The van der Waals surface area contributed by atoms with Crippen molar-refractivity contribution in [3.63, 3.8) is 0 Å². The van der Waals surface area contributed by atoms with Gasteiger partial charge in [-0.05, 0) is 46.4 Å². The smallest absolute Gasteiger partial charge is 0.273 e. The van der Waals surface area contributed by atoms with Crippen molar-refractivity contribution in [2.75, 3.05) is 0 Å². The minimum Gasteiger partial charge on any atom is -0.446 e. The zero-order chi connectivity index (χ0) is 30.3. The van der Waals surface area contributed by atoms with Gasteiger partial charge in [0.05, 0.1) is 5.69 Å². The fourth-order valence-corrected chi connectivity index (χ4v) is 4.93. The Hall–Kier alpha value is -5.58. The molecule has 12 bridgehead atoms. The Balaban J connectivity index is 1.17. The monoisotopic (exact) mass is 715 g/mol. The van der Waals surface area contributed by atoms with Crippen LogP contribution in [0.15, 0.2) is 94.4 Å². The van der Waals surface area contributed by atoms with Crippen LogP contribution in [0.1, 0.15) is 39.6 Å². The van der Waals surface area contributed by atoms with Gasteiger partial charge in [-0.25, -0.2) is 29.9 Å². The van der Waals surface area contributed by atoms with Crippen LogP contribution in [0.5, 0.6) is 0 Å². The van der Waals surface area contributed by atoms with E-state index in [9.17, 15) is 4.79 Å². The lowest BCUT2D eigenvalue weighted by atomic mass is 10.1. The molecular weight excluding hydrogens is 697 g/mol. The van der Waals surface area contributed by atoms with Crippen molar-refractivity contribution < 1.29 is 31.3 Å². The van der Waals surface area contributed by atoms with Gasteiger partial charge in [0.25, 0.3) is 5.91 Å². The molecule has 1 unspecified atom stereocenters. The number of amides is 1. The van der Waals surface area contributed by atoms with E-state index >= 15 is 0 Å².